The van der Waals surface area contributed by atoms with Crippen LogP contribution >= 0.6 is 0 Å². The highest BCUT2D eigenvalue weighted by molar-refractivity contribution is 5.16. The van der Waals surface area contributed by atoms with Crippen molar-refractivity contribution in [2.75, 3.05) is 0 Å². The lowest BCUT2D eigenvalue weighted by Gasteiger charge is -2.02. The molecule has 15 heavy (non-hydrogen) atoms. The van der Waals surface area contributed by atoms with Crippen LogP contribution in [0.25, 0.3) is 0 Å². The van der Waals surface area contributed by atoms with Crippen molar-refractivity contribution in [3.63, 3.8) is 0 Å². The first kappa shape index (κ1) is 9.41. The van der Waals surface area contributed by atoms with E-state index in [4.69, 9.17) is 5.26 Å². The second-order valence-electron chi connectivity index (χ2n) is 3.16. The molecule has 0 fully saturated rings. The maximum Gasteiger partial charge on any atom is 0.113 e. The standard InChI is InChI=1S/C11H10N4/c12-3-7-15-8-6-14-11(15)9-10-1-4-13-5-2-10/h1-2,4-6,8H,7,9H2. The monoisotopic (exact) mass is 198 g/mol. The molecule has 4 heteroatoms. The fourth-order valence-electron chi connectivity index (χ4n) is 1.41. The van der Waals surface area contributed by atoms with Crippen molar-refractivity contribution in [3.05, 3.63) is 48.3 Å². The van der Waals surface area contributed by atoms with Crippen LogP contribution in [0, 0.1) is 11.3 Å². The van der Waals surface area contributed by atoms with Crippen molar-refractivity contribution in [2.45, 2.75) is 13.0 Å². The maximum absolute atomic E-state index is 8.62. The van der Waals surface area contributed by atoms with Crippen LogP contribution in [-0.2, 0) is 13.0 Å². The number of nitriles is 1. The molecule has 0 aliphatic carbocycles. The van der Waals surface area contributed by atoms with Gasteiger partial charge in [0.2, 0.25) is 0 Å². The third-order valence-electron chi connectivity index (χ3n) is 2.15. The summed E-state index contributed by atoms with van der Waals surface area (Å²) in [6, 6.07) is 6.01. The van der Waals surface area contributed by atoms with Crippen molar-refractivity contribution >= 4 is 0 Å². The zero-order valence-corrected chi connectivity index (χ0v) is 8.17. The quantitative estimate of drug-likeness (QED) is 0.748. The van der Waals surface area contributed by atoms with E-state index in [0.29, 0.717) is 6.54 Å². The van der Waals surface area contributed by atoms with E-state index in [0.717, 1.165) is 17.8 Å². The third-order valence-corrected chi connectivity index (χ3v) is 2.15. The molecule has 0 atom stereocenters. The van der Waals surface area contributed by atoms with Gasteiger partial charge >= 0.3 is 0 Å². The average molecular weight is 198 g/mol. The van der Waals surface area contributed by atoms with Gasteiger partial charge in [0.1, 0.15) is 12.4 Å². The molecule has 4 nitrogen and oxygen atoms in total. The predicted octanol–water partition coefficient (Wildman–Crippen LogP) is 1.39. The van der Waals surface area contributed by atoms with Gasteiger partial charge in [-0.3, -0.25) is 4.98 Å². The van der Waals surface area contributed by atoms with Crippen LogP contribution in [0.3, 0.4) is 0 Å². The lowest BCUT2D eigenvalue weighted by molar-refractivity contribution is 0.764. The summed E-state index contributed by atoms with van der Waals surface area (Å²) in [5.74, 6) is 0.905. The summed E-state index contributed by atoms with van der Waals surface area (Å²) >= 11 is 0. The highest BCUT2D eigenvalue weighted by Gasteiger charge is 2.02. The summed E-state index contributed by atoms with van der Waals surface area (Å²) in [6.07, 6.45) is 7.78. The van der Waals surface area contributed by atoms with Gasteiger partial charge in [0, 0.05) is 31.2 Å². The van der Waals surface area contributed by atoms with Crippen LogP contribution in [0.5, 0.6) is 0 Å². The first-order valence-electron chi connectivity index (χ1n) is 4.66. The van der Waals surface area contributed by atoms with Crippen LogP contribution in [0.15, 0.2) is 36.9 Å². The van der Waals surface area contributed by atoms with E-state index in [1.807, 2.05) is 22.9 Å². The first-order valence-corrected chi connectivity index (χ1v) is 4.66. The molecule has 0 bridgehead atoms. The zero-order chi connectivity index (χ0) is 10.5. The number of rotatable bonds is 3. The van der Waals surface area contributed by atoms with E-state index in [-0.39, 0.29) is 0 Å². The van der Waals surface area contributed by atoms with E-state index in [1.165, 1.54) is 0 Å². The average Bonchev–Trinajstić information content (AvgIpc) is 2.68. The van der Waals surface area contributed by atoms with Gasteiger partial charge in [0.25, 0.3) is 0 Å². The molecule has 2 heterocycles. The fraction of sp³-hybridized carbons (Fsp3) is 0.182. The Bertz CT molecular complexity index is 467. The molecular formula is C11H10N4. The highest BCUT2D eigenvalue weighted by Crippen LogP contribution is 2.06. The molecule has 0 radical (unpaired) electrons. The zero-order valence-electron chi connectivity index (χ0n) is 8.17. The van der Waals surface area contributed by atoms with E-state index < -0.39 is 0 Å². The van der Waals surface area contributed by atoms with Crippen LogP contribution in [0.1, 0.15) is 11.4 Å². The molecule has 0 aliphatic heterocycles. The van der Waals surface area contributed by atoms with E-state index >= 15 is 0 Å². The molecule has 2 aromatic heterocycles. The smallest absolute Gasteiger partial charge is 0.113 e. The van der Waals surface area contributed by atoms with Crippen LogP contribution < -0.4 is 0 Å². The lowest BCUT2D eigenvalue weighted by atomic mass is 10.2. The van der Waals surface area contributed by atoms with Gasteiger partial charge in [-0.25, -0.2) is 4.98 Å². The van der Waals surface area contributed by atoms with Gasteiger partial charge in [-0.2, -0.15) is 5.26 Å². The summed E-state index contributed by atoms with van der Waals surface area (Å²) in [6.45, 7) is 0.348. The largest absolute Gasteiger partial charge is 0.321 e. The Morgan fingerprint density at radius 1 is 1.27 bits per heavy atom. The molecule has 0 aromatic carbocycles. The van der Waals surface area contributed by atoms with Crippen molar-refractivity contribution in [2.24, 2.45) is 0 Å². The molecule has 0 N–H and O–H groups in total. The number of hydrogen-bond donors (Lipinski definition) is 0. The van der Waals surface area contributed by atoms with Gasteiger partial charge in [0.15, 0.2) is 0 Å². The minimum atomic E-state index is 0.348. The third kappa shape index (κ3) is 2.20. The molecule has 0 spiro atoms. The van der Waals surface area contributed by atoms with Crippen LogP contribution in [-0.4, -0.2) is 14.5 Å². The van der Waals surface area contributed by atoms with Crippen molar-refractivity contribution < 1.29 is 0 Å². The molecule has 0 aliphatic rings. The Morgan fingerprint density at radius 3 is 2.80 bits per heavy atom. The Hall–Kier alpha value is -2.15. The molecule has 2 rings (SSSR count). The number of nitrogens with zero attached hydrogens (tertiary/aromatic N) is 4. The number of pyridine rings is 1. The Labute approximate surface area is 87.8 Å². The summed E-state index contributed by atoms with van der Waals surface area (Å²) in [7, 11) is 0. The Balaban J connectivity index is 2.18. The Kier molecular flexibility index (Phi) is 2.75. The van der Waals surface area contributed by atoms with Gasteiger partial charge < -0.3 is 4.57 Å². The van der Waals surface area contributed by atoms with Gasteiger partial charge in [-0.1, -0.05) is 0 Å². The molecule has 74 valence electrons. The number of imidazole rings is 1. The maximum atomic E-state index is 8.62. The summed E-state index contributed by atoms with van der Waals surface area (Å²) in [4.78, 5) is 8.18. The summed E-state index contributed by atoms with van der Waals surface area (Å²) in [5, 5.41) is 8.62. The van der Waals surface area contributed by atoms with Crippen molar-refractivity contribution in [1.82, 2.24) is 14.5 Å². The number of aromatic nitrogens is 3. The van der Waals surface area contributed by atoms with Crippen LogP contribution in [0.4, 0.5) is 0 Å². The van der Waals surface area contributed by atoms with E-state index in [1.54, 1.807) is 18.6 Å². The minimum Gasteiger partial charge on any atom is -0.321 e. The molecule has 0 saturated carbocycles. The fourth-order valence-corrected chi connectivity index (χ4v) is 1.41. The molecule has 0 unspecified atom stereocenters. The summed E-state index contributed by atoms with van der Waals surface area (Å²) < 4.78 is 1.85. The predicted molar refractivity (Wildman–Crippen MR) is 54.9 cm³/mol. The topological polar surface area (TPSA) is 54.5 Å². The van der Waals surface area contributed by atoms with E-state index in [9.17, 15) is 0 Å². The van der Waals surface area contributed by atoms with Gasteiger partial charge in [-0.15, -0.1) is 0 Å². The highest BCUT2D eigenvalue weighted by atomic mass is 15.1. The van der Waals surface area contributed by atoms with Gasteiger partial charge in [0.05, 0.1) is 6.07 Å². The first-order chi connectivity index (χ1) is 7.40. The molecule has 0 amide bonds. The van der Waals surface area contributed by atoms with Crippen molar-refractivity contribution in [3.8, 4) is 6.07 Å². The molecule has 2 aromatic rings. The van der Waals surface area contributed by atoms with Gasteiger partial charge in [-0.05, 0) is 17.7 Å². The summed E-state index contributed by atoms with van der Waals surface area (Å²) in [5.41, 5.74) is 1.15. The van der Waals surface area contributed by atoms with E-state index in [2.05, 4.69) is 16.0 Å². The number of hydrogen-bond acceptors (Lipinski definition) is 3. The van der Waals surface area contributed by atoms with Crippen LogP contribution in [0.2, 0.25) is 0 Å². The molecular weight excluding hydrogens is 188 g/mol. The normalized spacial score (nSPS) is 9.80. The lowest BCUT2D eigenvalue weighted by Crippen LogP contribution is -2.02. The minimum absolute atomic E-state index is 0.348. The second kappa shape index (κ2) is 4.38. The molecule has 0 saturated heterocycles. The Morgan fingerprint density at radius 2 is 2.07 bits per heavy atom. The van der Waals surface area contributed by atoms with Crippen molar-refractivity contribution in [1.29, 1.82) is 5.26 Å². The SMILES string of the molecule is N#CCn1ccnc1Cc1ccncc1. The second-order valence-corrected chi connectivity index (χ2v) is 3.16.